The summed E-state index contributed by atoms with van der Waals surface area (Å²) >= 11 is 0. The summed E-state index contributed by atoms with van der Waals surface area (Å²) in [6.45, 7) is 1.85. The predicted octanol–water partition coefficient (Wildman–Crippen LogP) is -0.155. The largest absolute Gasteiger partial charge is 0.330 e. The summed E-state index contributed by atoms with van der Waals surface area (Å²) in [5.74, 6) is 0.0787. The van der Waals surface area contributed by atoms with Crippen LogP contribution in [0.15, 0.2) is 0 Å². The van der Waals surface area contributed by atoms with Gasteiger partial charge < -0.3 is 10.6 Å². The van der Waals surface area contributed by atoms with Gasteiger partial charge in [0.2, 0.25) is 0 Å². The topological polar surface area (TPSA) is 29.3 Å². The molecule has 1 heterocycles. The Hall–Kier alpha value is -0.150. The number of alkyl halides is 1. The molecule has 9 heavy (non-hydrogen) atoms. The molecule has 0 spiro atoms. The number of hydrogen-bond donors (Lipinski definition) is 1. The first-order valence-electron chi connectivity index (χ1n) is 3.26. The number of nitrogens with zero attached hydrogens (tertiary/aromatic N) is 1. The highest BCUT2D eigenvalue weighted by Gasteiger charge is 2.28. The minimum absolute atomic E-state index is 0.0787. The van der Waals surface area contributed by atoms with Crippen molar-refractivity contribution in [3.63, 3.8) is 0 Å². The summed E-state index contributed by atoms with van der Waals surface area (Å²) in [5.41, 5.74) is 5.32. The third-order valence-electron chi connectivity index (χ3n) is 1.85. The van der Waals surface area contributed by atoms with Gasteiger partial charge in [-0.1, -0.05) is 0 Å². The van der Waals surface area contributed by atoms with Crippen molar-refractivity contribution in [1.82, 2.24) is 4.90 Å². The average molecular weight is 132 g/mol. The number of hydrogen-bond acceptors (Lipinski definition) is 2. The predicted molar refractivity (Wildman–Crippen MR) is 34.9 cm³/mol. The molecule has 1 rings (SSSR count). The highest BCUT2D eigenvalue weighted by atomic mass is 19.1. The Kier molecular flexibility index (Phi) is 2.03. The molecule has 1 aliphatic heterocycles. The lowest BCUT2D eigenvalue weighted by atomic mass is 10.1. The number of halogens is 1. The Morgan fingerprint density at radius 1 is 1.67 bits per heavy atom. The third kappa shape index (κ3) is 1.40. The van der Waals surface area contributed by atoms with Gasteiger partial charge in [0.05, 0.1) is 0 Å². The van der Waals surface area contributed by atoms with Gasteiger partial charge in [0.1, 0.15) is 6.17 Å². The lowest BCUT2D eigenvalue weighted by molar-refractivity contribution is 0.282. The molecule has 1 aliphatic rings. The second-order valence-corrected chi connectivity index (χ2v) is 2.73. The highest BCUT2D eigenvalue weighted by Crippen LogP contribution is 2.16. The van der Waals surface area contributed by atoms with Gasteiger partial charge in [-0.3, -0.25) is 0 Å². The van der Waals surface area contributed by atoms with E-state index in [1.165, 1.54) is 0 Å². The van der Waals surface area contributed by atoms with Gasteiger partial charge in [0.15, 0.2) is 0 Å². The van der Waals surface area contributed by atoms with E-state index in [4.69, 9.17) is 5.73 Å². The normalized spacial score (nSPS) is 37.7. The van der Waals surface area contributed by atoms with E-state index in [0.717, 1.165) is 6.54 Å². The molecule has 0 radical (unpaired) electrons. The monoisotopic (exact) mass is 132 g/mol. The van der Waals surface area contributed by atoms with Crippen LogP contribution in [0.1, 0.15) is 0 Å². The van der Waals surface area contributed by atoms with Gasteiger partial charge in [0, 0.05) is 19.0 Å². The van der Waals surface area contributed by atoms with E-state index in [2.05, 4.69) is 0 Å². The smallest absolute Gasteiger partial charge is 0.118 e. The van der Waals surface area contributed by atoms with E-state index < -0.39 is 6.17 Å². The van der Waals surface area contributed by atoms with Crippen LogP contribution in [-0.4, -0.2) is 37.8 Å². The molecule has 0 aliphatic carbocycles. The Bertz CT molecular complexity index is 97.1. The van der Waals surface area contributed by atoms with Crippen LogP contribution >= 0.6 is 0 Å². The van der Waals surface area contributed by atoms with E-state index in [1.807, 2.05) is 11.9 Å². The highest BCUT2D eigenvalue weighted by molar-refractivity contribution is 4.82. The van der Waals surface area contributed by atoms with Crippen molar-refractivity contribution in [2.75, 3.05) is 26.7 Å². The fourth-order valence-corrected chi connectivity index (χ4v) is 1.26. The van der Waals surface area contributed by atoms with Crippen molar-refractivity contribution in [1.29, 1.82) is 0 Å². The molecule has 54 valence electrons. The fourth-order valence-electron chi connectivity index (χ4n) is 1.26. The van der Waals surface area contributed by atoms with Crippen molar-refractivity contribution >= 4 is 0 Å². The van der Waals surface area contributed by atoms with E-state index in [9.17, 15) is 4.39 Å². The summed E-state index contributed by atoms with van der Waals surface area (Å²) in [7, 11) is 1.92. The van der Waals surface area contributed by atoms with Gasteiger partial charge in [-0.05, 0) is 13.6 Å². The van der Waals surface area contributed by atoms with Crippen LogP contribution in [0, 0.1) is 5.92 Å². The Labute approximate surface area is 54.8 Å². The Balaban J connectivity index is 2.38. The van der Waals surface area contributed by atoms with Crippen molar-refractivity contribution in [3.8, 4) is 0 Å². The maximum absolute atomic E-state index is 12.7. The molecule has 0 aromatic carbocycles. The lowest BCUT2D eigenvalue weighted by Crippen LogP contribution is -2.22. The van der Waals surface area contributed by atoms with Crippen molar-refractivity contribution in [3.05, 3.63) is 0 Å². The molecule has 0 bridgehead atoms. The molecule has 1 fully saturated rings. The number of nitrogens with two attached hydrogens (primary N) is 1. The zero-order valence-electron chi connectivity index (χ0n) is 5.68. The maximum Gasteiger partial charge on any atom is 0.118 e. The van der Waals surface area contributed by atoms with Crippen LogP contribution in [0.2, 0.25) is 0 Å². The zero-order chi connectivity index (χ0) is 6.85. The van der Waals surface area contributed by atoms with Crippen molar-refractivity contribution in [2.45, 2.75) is 6.17 Å². The molecule has 0 aromatic rings. The van der Waals surface area contributed by atoms with Gasteiger partial charge >= 0.3 is 0 Å². The summed E-state index contributed by atoms with van der Waals surface area (Å²) in [5, 5.41) is 0. The van der Waals surface area contributed by atoms with Crippen LogP contribution in [-0.2, 0) is 0 Å². The first kappa shape index (κ1) is 6.96. The second-order valence-electron chi connectivity index (χ2n) is 2.73. The molecule has 2 N–H and O–H groups in total. The summed E-state index contributed by atoms with van der Waals surface area (Å²) in [6.07, 6.45) is -0.694. The van der Waals surface area contributed by atoms with Crippen LogP contribution in [0.4, 0.5) is 4.39 Å². The standard InChI is InChI=1S/C6H13FN2/c1-9-3-5(2-8)6(7)4-9/h5-6H,2-4,8H2,1H3. The van der Waals surface area contributed by atoms with Gasteiger partial charge in [-0.2, -0.15) is 0 Å². The molecule has 0 amide bonds. The summed E-state index contributed by atoms with van der Waals surface area (Å²) in [6, 6.07) is 0. The molecule has 2 nitrogen and oxygen atoms in total. The minimum Gasteiger partial charge on any atom is -0.330 e. The second kappa shape index (κ2) is 2.62. The van der Waals surface area contributed by atoms with Crippen LogP contribution < -0.4 is 5.73 Å². The van der Waals surface area contributed by atoms with Crippen molar-refractivity contribution in [2.24, 2.45) is 11.7 Å². The van der Waals surface area contributed by atoms with Crippen molar-refractivity contribution < 1.29 is 4.39 Å². The first-order chi connectivity index (χ1) is 4.24. The van der Waals surface area contributed by atoms with Crippen LogP contribution in [0.5, 0.6) is 0 Å². The van der Waals surface area contributed by atoms with Crippen LogP contribution in [0.25, 0.3) is 0 Å². The van der Waals surface area contributed by atoms with Crippen LogP contribution in [0.3, 0.4) is 0 Å². The maximum atomic E-state index is 12.7. The van der Waals surface area contributed by atoms with E-state index in [1.54, 1.807) is 0 Å². The molecule has 0 saturated carbocycles. The molecular weight excluding hydrogens is 119 g/mol. The summed E-state index contributed by atoms with van der Waals surface area (Å²) in [4.78, 5) is 1.97. The molecule has 0 aromatic heterocycles. The van der Waals surface area contributed by atoms with Gasteiger partial charge in [-0.25, -0.2) is 4.39 Å². The van der Waals surface area contributed by atoms with Gasteiger partial charge in [-0.15, -0.1) is 0 Å². The average Bonchev–Trinajstić information content (AvgIpc) is 2.10. The zero-order valence-corrected chi connectivity index (χ0v) is 5.68. The minimum atomic E-state index is -0.694. The third-order valence-corrected chi connectivity index (χ3v) is 1.85. The first-order valence-corrected chi connectivity index (χ1v) is 3.26. The van der Waals surface area contributed by atoms with E-state index in [-0.39, 0.29) is 5.92 Å². The fraction of sp³-hybridized carbons (Fsp3) is 1.00. The number of likely N-dealkylation sites (tertiary alicyclic amines) is 1. The van der Waals surface area contributed by atoms with E-state index in [0.29, 0.717) is 13.1 Å². The molecule has 3 heteroatoms. The summed E-state index contributed by atoms with van der Waals surface area (Å²) < 4.78 is 12.7. The molecule has 1 saturated heterocycles. The molecule has 2 atom stereocenters. The van der Waals surface area contributed by atoms with Gasteiger partial charge in [0.25, 0.3) is 0 Å². The lowest BCUT2D eigenvalue weighted by Gasteiger charge is -2.06. The van der Waals surface area contributed by atoms with E-state index >= 15 is 0 Å². The quantitative estimate of drug-likeness (QED) is 0.537. The Morgan fingerprint density at radius 2 is 2.33 bits per heavy atom. The number of rotatable bonds is 1. The molecular formula is C6H13FN2. The molecule has 2 unspecified atom stereocenters. The Morgan fingerprint density at radius 3 is 2.56 bits per heavy atom. The SMILES string of the molecule is CN1CC(F)C(CN)C1.